The highest BCUT2D eigenvalue weighted by atomic mass is 28.3. The average molecular weight is 200 g/mol. The Morgan fingerprint density at radius 2 is 1.85 bits per heavy atom. The summed E-state index contributed by atoms with van der Waals surface area (Å²) in [5, 5.41) is 10.9. The summed E-state index contributed by atoms with van der Waals surface area (Å²) in [6, 6.07) is 0. The second-order valence-electron chi connectivity index (χ2n) is 4.79. The number of aliphatic hydroxyl groups is 1. The van der Waals surface area contributed by atoms with Gasteiger partial charge in [0.2, 0.25) is 0 Å². The number of hydrogen-bond acceptors (Lipinski definition) is 1. The van der Waals surface area contributed by atoms with Crippen molar-refractivity contribution in [1.82, 2.24) is 0 Å². The quantitative estimate of drug-likeness (QED) is 0.515. The van der Waals surface area contributed by atoms with Gasteiger partial charge in [-0.05, 0) is 6.42 Å². The molecule has 0 aliphatic rings. The number of rotatable bonds is 6. The lowest BCUT2D eigenvalue weighted by Crippen LogP contribution is -2.31. The second-order valence-corrected chi connectivity index (χ2v) is 9.93. The normalized spacial score (nSPS) is 14.2. The maximum absolute atomic E-state index is 9.82. The van der Waals surface area contributed by atoms with Crippen LogP contribution in [0, 0.1) is 0 Å². The van der Waals surface area contributed by atoms with E-state index in [2.05, 4.69) is 33.1 Å². The van der Waals surface area contributed by atoms with Crippen LogP contribution in [-0.2, 0) is 0 Å². The van der Waals surface area contributed by atoms with E-state index in [-0.39, 0.29) is 6.10 Å². The zero-order valence-electron chi connectivity index (χ0n) is 9.56. The third-order valence-corrected chi connectivity index (χ3v) is 4.71. The van der Waals surface area contributed by atoms with Crippen LogP contribution in [0.4, 0.5) is 0 Å². The van der Waals surface area contributed by atoms with E-state index in [1.807, 2.05) is 0 Å². The van der Waals surface area contributed by atoms with Gasteiger partial charge in [0, 0.05) is 0 Å². The molecule has 2 heteroatoms. The molecule has 0 fully saturated rings. The van der Waals surface area contributed by atoms with E-state index < -0.39 is 8.07 Å². The molecule has 0 aliphatic heterocycles. The average Bonchev–Trinajstić information content (AvgIpc) is 2.01. The van der Waals surface area contributed by atoms with Crippen molar-refractivity contribution in [2.75, 3.05) is 0 Å². The molecule has 0 aromatic heterocycles. The lowest BCUT2D eigenvalue weighted by molar-refractivity contribution is 0.203. The smallest absolute Gasteiger partial charge is 0.0750 e. The van der Waals surface area contributed by atoms with Crippen LogP contribution in [0.25, 0.3) is 0 Å². The van der Waals surface area contributed by atoms with E-state index in [0.29, 0.717) is 0 Å². The van der Waals surface area contributed by atoms with Gasteiger partial charge in [0.05, 0.1) is 14.2 Å². The largest absolute Gasteiger partial charge is 0.389 e. The molecule has 1 nitrogen and oxygen atoms in total. The fourth-order valence-corrected chi connectivity index (χ4v) is 2.41. The van der Waals surface area contributed by atoms with Crippen molar-refractivity contribution in [2.24, 2.45) is 0 Å². The fraction of sp³-hybridized carbons (Fsp3) is 0.818. The molecule has 0 saturated carbocycles. The van der Waals surface area contributed by atoms with Gasteiger partial charge < -0.3 is 5.11 Å². The Kier molecular flexibility index (Phi) is 5.57. The Bertz CT molecular complexity index is 158. The van der Waals surface area contributed by atoms with E-state index in [9.17, 15) is 5.11 Å². The van der Waals surface area contributed by atoms with Gasteiger partial charge in [-0.2, -0.15) is 0 Å². The van der Waals surface area contributed by atoms with Crippen molar-refractivity contribution in [3.05, 3.63) is 11.8 Å². The van der Waals surface area contributed by atoms with E-state index in [1.54, 1.807) is 0 Å². The molecule has 0 spiro atoms. The standard InChI is InChI=1S/C11H24OSi/c1-6-7-8-9-11(12)10(2)13(3,4)5/h11-12H,2,6-9H2,1,3-5H3. The Morgan fingerprint density at radius 1 is 1.31 bits per heavy atom. The summed E-state index contributed by atoms with van der Waals surface area (Å²) < 4.78 is 0. The van der Waals surface area contributed by atoms with Crippen LogP contribution in [0.1, 0.15) is 32.6 Å². The molecule has 0 radical (unpaired) electrons. The molecule has 0 aromatic carbocycles. The van der Waals surface area contributed by atoms with Crippen molar-refractivity contribution >= 4 is 8.07 Å². The number of hydrogen-bond donors (Lipinski definition) is 1. The maximum Gasteiger partial charge on any atom is 0.0750 e. The van der Waals surface area contributed by atoms with Gasteiger partial charge in [-0.3, -0.25) is 0 Å². The zero-order valence-corrected chi connectivity index (χ0v) is 10.6. The molecule has 1 atom stereocenters. The van der Waals surface area contributed by atoms with E-state index in [1.165, 1.54) is 12.8 Å². The molecule has 0 heterocycles. The lowest BCUT2D eigenvalue weighted by atomic mass is 10.1. The molecule has 0 aliphatic carbocycles. The third-order valence-electron chi connectivity index (χ3n) is 2.45. The van der Waals surface area contributed by atoms with Crippen molar-refractivity contribution < 1.29 is 5.11 Å². The Morgan fingerprint density at radius 3 is 2.23 bits per heavy atom. The Hall–Kier alpha value is -0.0831. The molecular formula is C11H24OSi. The zero-order chi connectivity index (χ0) is 10.5. The molecular weight excluding hydrogens is 176 g/mol. The van der Waals surface area contributed by atoms with Gasteiger partial charge in [0.15, 0.2) is 0 Å². The molecule has 0 bridgehead atoms. The fourth-order valence-electron chi connectivity index (χ4n) is 1.26. The van der Waals surface area contributed by atoms with Gasteiger partial charge in [-0.1, -0.05) is 51.0 Å². The van der Waals surface area contributed by atoms with Gasteiger partial charge in [0.25, 0.3) is 0 Å². The molecule has 0 aromatic rings. The highest BCUT2D eigenvalue weighted by molar-refractivity contribution is 6.83. The van der Waals surface area contributed by atoms with Crippen LogP contribution < -0.4 is 0 Å². The Balaban J connectivity index is 3.84. The third kappa shape index (κ3) is 5.27. The molecule has 13 heavy (non-hydrogen) atoms. The minimum absolute atomic E-state index is 0.252. The monoisotopic (exact) mass is 200 g/mol. The highest BCUT2D eigenvalue weighted by Crippen LogP contribution is 2.19. The van der Waals surface area contributed by atoms with E-state index >= 15 is 0 Å². The minimum Gasteiger partial charge on any atom is -0.389 e. The number of aliphatic hydroxyl groups excluding tert-OH is 1. The second kappa shape index (κ2) is 5.61. The van der Waals surface area contributed by atoms with E-state index in [4.69, 9.17) is 0 Å². The Labute approximate surface area is 83.9 Å². The van der Waals surface area contributed by atoms with Crippen molar-refractivity contribution in [1.29, 1.82) is 0 Å². The van der Waals surface area contributed by atoms with Crippen LogP contribution in [0.15, 0.2) is 11.8 Å². The summed E-state index contributed by atoms with van der Waals surface area (Å²) >= 11 is 0. The summed E-state index contributed by atoms with van der Waals surface area (Å²) in [6.45, 7) is 12.9. The van der Waals surface area contributed by atoms with Crippen molar-refractivity contribution in [3.63, 3.8) is 0 Å². The summed E-state index contributed by atoms with van der Waals surface area (Å²) in [5.74, 6) is 0. The summed E-state index contributed by atoms with van der Waals surface area (Å²) in [6.07, 6.45) is 4.21. The van der Waals surface area contributed by atoms with Crippen LogP contribution in [-0.4, -0.2) is 19.3 Å². The van der Waals surface area contributed by atoms with Crippen LogP contribution in [0.5, 0.6) is 0 Å². The molecule has 1 N–H and O–H groups in total. The number of unbranched alkanes of at least 4 members (excludes halogenated alkanes) is 2. The predicted octanol–water partition coefficient (Wildman–Crippen LogP) is 3.36. The predicted molar refractivity (Wildman–Crippen MR) is 62.6 cm³/mol. The lowest BCUT2D eigenvalue weighted by Gasteiger charge is -2.24. The maximum atomic E-state index is 9.82. The first kappa shape index (κ1) is 12.9. The first-order chi connectivity index (χ1) is 5.89. The first-order valence-electron chi connectivity index (χ1n) is 5.27. The van der Waals surface area contributed by atoms with Crippen LogP contribution >= 0.6 is 0 Å². The molecule has 0 amide bonds. The van der Waals surface area contributed by atoms with Crippen LogP contribution in [0.3, 0.4) is 0 Å². The summed E-state index contributed by atoms with van der Waals surface area (Å²) in [4.78, 5) is 0. The highest BCUT2D eigenvalue weighted by Gasteiger charge is 2.23. The van der Waals surface area contributed by atoms with E-state index in [0.717, 1.165) is 18.0 Å². The van der Waals surface area contributed by atoms with Gasteiger partial charge in [-0.15, -0.1) is 6.58 Å². The topological polar surface area (TPSA) is 20.2 Å². The van der Waals surface area contributed by atoms with Crippen molar-refractivity contribution in [3.8, 4) is 0 Å². The molecule has 78 valence electrons. The summed E-state index contributed by atoms with van der Waals surface area (Å²) in [7, 11) is -1.33. The van der Waals surface area contributed by atoms with Gasteiger partial charge >= 0.3 is 0 Å². The molecule has 0 rings (SSSR count). The van der Waals surface area contributed by atoms with Crippen LogP contribution in [0.2, 0.25) is 19.6 Å². The molecule has 0 saturated heterocycles. The SMILES string of the molecule is C=C(C(O)CCCCC)[Si](C)(C)C. The minimum atomic E-state index is -1.33. The van der Waals surface area contributed by atoms with Gasteiger partial charge in [-0.25, -0.2) is 0 Å². The molecule has 1 unspecified atom stereocenters. The van der Waals surface area contributed by atoms with Crippen molar-refractivity contribution in [2.45, 2.75) is 58.4 Å². The van der Waals surface area contributed by atoms with Gasteiger partial charge in [0.1, 0.15) is 0 Å². The first-order valence-corrected chi connectivity index (χ1v) is 8.77. The summed E-state index contributed by atoms with van der Waals surface area (Å²) in [5.41, 5.74) is 0.